The summed E-state index contributed by atoms with van der Waals surface area (Å²) in [6, 6.07) is 9.55. The van der Waals surface area contributed by atoms with Gasteiger partial charge in [0.25, 0.3) is 10.0 Å². The third kappa shape index (κ3) is 4.26. The van der Waals surface area contributed by atoms with E-state index in [0.29, 0.717) is 17.9 Å². The minimum absolute atomic E-state index is 0.138. The molecule has 0 fully saturated rings. The van der Waals surface area contributed by atoms with E-state index in [0.717, 1.165) is 11.4 Å². The summed E-state index contributed by atoms with van der Waals surface area (Å²) in [6.07, 6.45) is 5.21. The first kappa shape index (κ1) is 21.7. The van der Waals surface area contributed by atoms with Crippen molar-refractivity contribution in [3.05, 3.63) is 71.9 Å². The van der Waals surface area contributed by atoms with Gasteiger partial charge in [0.05, 0.1) is 4.90 Å². The van der Waals surface area contributed by atoms with Crippen LogP contribution in [0.15, 0.2) is 64.9 Å². The van der Waals surface area contributed by atoms with Crippen LogP contribution in [0.2, 0.25) is 0 Å². The Morgan fingerprint density at radius 2 is 1.97 bits per heavy atom. The first-order chi connectivity index (χ1) is 15.3. The Balaban J connectivity index is 1.52. The van der Waals surface area contributed by atoms with Gasteiger partial charge in [-0.15, -0.1) is 0 Å². The predicted molar refractivity (Wildman–Crippen MR) is 120 cm³/mol. The van der Waals surface area contributed by atoms with E-state index in [1.54, 1.807) is 30.6 Å². The molecule has 0 bridgehead atoms. The number of hydrogen-bond donors (Lipinski definition) is 2. The van der Waals surface area contributed by atoms with Crippen molar-refractivity contribution in [3.63, 3.8) is 0 Å². The highest BCUT2D eigenvalue weighted by molar-refractivity contribution is 7.90. The lowest BCUT2D eigenvalue weighted by molar-refractivity contribution is -0.123. The highest BCUT2D eigenvalue weighted by Crippen LogP contribution is 2.23. The van der Waals surface area contributed by atoms with Crippen LogP contribution in [0.1, 0.15) is 30.8 Å². The number of nitrogens with zero attached hydrogens (tertiary/aromatic N) is 4. The number of sulfonamides is 1. The molecule has 3 aromatic rings. The van der Waals surface area contributed by atoms with Gasteiger partial charge in [-0.1, -0.05) is 26.0 Å². The van der Waals surface area contributed by atoms with E-state index in [-0.39, 0.29) is 22.6 Å². The number of fused-ring (bicyclic) bond motifs is 1. The Hall–Kier alpha value is -3.53. The molecule has 0 unspecified atom stereocenters. The number of nitrogens with one attached hydrogen (secondary N) is 2. The Kier molecular flexibility index (Phi) is 5.79. The molecule has 0 saturated carbocycles. The molecule has 4 rings (SSSR count). The molecule has 2 aromatic heterocycles. The normalized spacial score (nSPS) is 16.6. The molecule has 0 saturated heterocycles. The number of pyridine rings is 1. The summed E-state index contributed by atoms with van der Waals surface area (Å²) in [6.45, 7) is 5.92. The van der Waals surface area contributed by atoms with Crippen LogP contribution in [0.4, 0.5) is 0 Å². The lowest BCUT2D eigenvalue weighted by Gasteiger charge is -2.17. The van der Waals surface area contributed by atoms with E-state index in [1.165, 1.54) is 6.07 Å². The molecule has 0 radical (unpaired) electrons. The van der Waals surface area contributed by atoms with Crippen molar-refractivity contribution in [2.75, 3.05) is 0 Å². The second-order valence-electron chi connectivity index (χ2n) is 7.85. The summed E-state index contributed by atoms with van der Waals surface area (Å²) in [5.41, 5.74) is 1.35. The van der Waals surface area contributed by atoms with Crippen molar-refractivity contribution in [2.24, 2.45) is 10.9 Å². The number of amidine groups is 1. The van der Waals surface area contributed by atoms with Gasteiger partial charge in [-0.3, -0.25) is 19.1 Å². The van der Waals surface area contributed by atoms with Gasteiger partial charge in [-0.2, -0.15) is 0 Å². The molecule has 0 aliphatic carbocycles. The molecule has 1 aromatic carbocycles. The molecular weight excluding hydrogens is 428 g/mol. The van der Waals surface area contributed by atoms with Crippen LogP contribution in [0.3, 0.4) is 0 Å². The lowest BCUT2D eigenvalue weighted by atomic mass is 10.0. The summed E-state index contributed by atoms with van der Waals surface area (Å²) in [7, 11) is -3.66. The van der Waals surface area contributed by atoms with Gasteiger partial charge in [0.1, 0.15) is 23.5 Å². The lowest BCUT2D eigenvalue weighted by Crippen LogP contribution is -2.38. The largest absolute Gasteiger partial charge is 0.350 e. The number of aromatic nitrogens is 3. The minimum atomic E-state index is -3.66. The highest BCUT2D eigenvalue weighted by Gasteiger charge is 2.32. The van der Waals surface area contributed by atoms with Crippen molar-refractivity contribution in [1.29, 1.82) is 0 Å². The number of aryl methyl sites for hydroxylation is 1. The number of aliphatic imine (C=N–C) groups is 1. The van der Waals surface area contributed by atoms with Crippen LogP contribution in [-0.2, 0) is 21.4 Å². The summed E-state index contributed by atoms with van der Waals surface area (Å²) in [5, 5.41) is 2.91. The van der Waals surface area contributed by atoms with Crippen molar-refractivity contribution < 1.29 is 13.2 Å². The molecule has 1 atom stereocenters. The van der Waals surface area contributed by atoms with Crippen LogP contribution in [0.25, 0.3) is 5.82 Å². The van der Waals surface area contributed by atoms with Crippen molar-refractivity contribution in [1.82, 2.24) is 24.6 Å². The average Bonchev–Trinajstić information content (AvgIpc) is 3.31. The first-order valence-corrected chi connectivity index (χ1v) is 11.7. The maximum Gasteiger partial charge on any atom is 0.263 e. The van der Waals surface area contributed by atoms with Gasteiger partial charge in [-0.25, -0.2) is 18.4 Å². The zero-order valence-corrected chi connectivity index (χ0v) is 18.8. The minimum Gasteiger partial charge on any atom is -0.350 e. The predicted octanol–water partition coefficient (Wildman–Crippen LogP) is 1.96. The molecule has 1 amide bonds. The molecule has 10 heteroatoms. The molecule has 32 heavy (non-hydrogen) atoms. The van der Waals surface area contributed by atoms with Gasteiger partial charge < -0.3 is 5.32 Å². The van der Waals surface area contributed by atoms with E-state index >= 15 is 0 Å². The maximum atomic E-state index is 13.0. The highest BCUT2D eigenvalue weighted by atomic mass is 32.2. The second-order valence-corrected chi connectivity index (χ2v) is 9.50. The molecule has 3 heterocycles. The first-order valence-electron chi connectivity index (χ1n) is 10.2. The monoisotopic (exact) mass is 452 g/mol. The Morgan fingerprint density at radius 1 is 1.19 bits per heavy atom. The number of imidazole rings is 1. The Labute approximate surface area is 186 Å². The number of benzene rings is 1. The SMILES string of the molecule is Cc1nccn1-c1cc(CNC(=O)[C@@H](N=C2NS(=O)(=O)c3ccccc32)C(C)C)ccn1. The van der Waals surface area contributed by atoms with Gasteiger partial charge in [0.15, 0.2) is 0 Å². The molecule has 1 aliphatic rings. The smallest absolute Gasteiger partial charge is 0.263 e. The summed E-state index contributed by atoms with van der Waals surface area (Å²) >= 11 is 0. The molecular formula is C22H24N6O3S. The maximum absolute atomic E-state index is 13.0. The van der Waals surface area contributed by atoms with E-state index in [4.69, 9.17) is 0 Å². The summed E-state index contributed by atoms with van der Waals surface area (Å²) < 4.78 is 29.0. The fraction of sp³-hybridized carbons (Fsp3) is 0.273. The zero-order valence-electron chi connectivity index (χ0n) is 18.0. The second kappa shape index (κ2) is 8.54. The van der Waals surface area contributed by atoms with Crippen molar-refractivity contribution in [3.8, 4) is 5.82 Å². The van der Waals surface area contributed by atoms with Crippen molar-refractivity contribution >= 4 is 21.8 Å². The molecule has 9 nitrogen and oxygen atoms in total. The molecule has 1 aliphatic heterocycles. The number of amides is 1. The average molecular weight is 453 g/mol. The van der Waals surface area contributed by atoms with E-state index in [1.807, 2.05) is 43.7 Å². The number of rotatable bonds is 6. The third-order valence-corrected chi connectivity index (χ3v) is 6.58. The van der Waals surface area contributed by atoms with Crippen LogP contribution >= 0.6 is 0 Å². The standard InChI is InChI=1S/C22H24N6O3S/c1-14(2)20(26-21-17-6-4-5-7-18(17)32(30,31)27-21)22(29)25-13-16-8-9-24-19(12-16)28-11-10-23-15(28)3/h4-12,14,20H,13H2,1-3H3,(H,25,29)(H,26,27)/t20-/m0/s1. The van der Waals surface area contributed by atoms with Crippen LogP contribution in [-0.4, -0.2) is 40.7 Å². The van der Waals surface area contributed by atoms with Gasteiger partial charge in [0, 0.05) is 30.7 Å². The molecule has 0 spiro atoms. The number of carbonyl (C=O) groups is 1. The topological polar surface area (TPSA) is 118 Å². The van der Waals surface area contributed by atoms with Gasteiger partial charge in [-0.05, 0) is 42.7 Å². The van der Waals surface area contributed by atoms with Crippen LogP contribution in [0.5, 0.6) is 0 Å². The molecule has 2 N–H and O–H groups in total. The third-order valence-electron chi connectivity index (χ3n) is 5.18. The van der Waals surface area contributed by atoms with Crippen LogP contribution in [0, 0.1) is 12.8 Å². The van der Waals surface area contributed by atoms with E-state index < -0.39 is 16.1 Å². The summed E-state index contributed by atoms with van der Waals surface area (Å²) in [4.78, 5) is 26.2. The van der Waals surface area contributed by atoms with Crippen molar-refractivity contribution in [2.45, 2.75) is 38.3 Å². The summed E-state index contributed by atoms with van der Waals surface area (Å²) in [5.74, 6) is 1.30. The van der Waals surface area contributed by atoms with Crippen LogP contribution < -0.4 is 10.0 Å². The quantitative estimate of drug-likeness (QED) is 0.593. The van der Waals surface area contributed by atoms with Gasteiger partial charge >= 0.3 is 0 Å². The Bertz CT molecular complexity index is 1300. The Morgan fingerprint density at radius 3 is 2.69 bits per heavy atom. The van der Waals surface area contributed by atoms with Gasteiger partial charge in [0.2, 0.25) is 5.91 Å². The van der Waals surface area contributed by atoms with E-state index in [2.05, 4.69) is 25.0 Å². The van der Waals surface area contributed by atoms with E-state index in [9.17, 15) is 13.2 Å². The number of carbonyl (C=O) groups excluding carboxylic acids is 1. The fourth-order valence-corrected chi connectivity index (χ4v) is 4.73. The number of hydrogen-bond acceptors (Lipinski definition) is 6. The fourth-order valence-electron chi connectivity index (χ4n) is 3.50. The molecule has 166 valence electrons. The zero-order chi connectivity index (χ0) is 22.9.